The van der Waals surface area contributed by atoms with Crippen molar-refractivity contribution in [3.8, 4) is 0 Å². The first kappa shape index (κ1) is 13.0. The third-order valence-electron chi connectivity index (χ3n) is 3.31. The normalized spacial score (nSPS) is 15.4. The maximum Gasteiger partial charge on any atom is 0.335 e. The van der Waals surface area contributed by atoms with E-state index in [0.29, 0.717) is 22.4 Å². The SMILES string of the molecule is CC1=C(C)C(=O)N(c2ccc(C(=O)O)c(C)c2)C1=O. The molecule has 1 N–H and O–H groups in total. The summed E-state index contributed by atoms with van der Waals surface area (Å²) in [7, 11) is 0. The molecule has 0 atom stereocenters. The Kier molecular flexibility index (Phi) is 2.98. The number of carbonyl (C=O) groups is 3. The number of carbonyl (C=O) groups excluding carboxylic acids is 2. The van der Waals surface area contributed by atoms with Crippen LogP contribution in [0.5, 0.6) is 0 Å². The van der Waals surface area contributed by atoms with E-state index in [1.54, 1.807) is 20.8 Å². The summed E-state index contributed by atoms with van der Waals surface area (Å²) in [4.78, 5) is 36.0. The van der Waals surface area contributed by atoms with Crippen LogP contribution in [-0.4, -0.2) is 22.9 Å². The predicted octanol–water partition coefficient (Wildman–Crippen LogP) is 1.90. The summed E-state index contributed by atoms with van der Waals surface area (Å²) < 4.78 is 0. The summed E-state index contributed by atoms with van der Waals surface area (Å²) >= 11 is 0. The lowest BCUT2D eigenvalue weighted by Gasteiger charge is -2.16. The number of benzene rings is 1. The molecule has 1 heterocycles. The fourth-order valence-electron chi connectivity index (χ4n) is 2.01. The van der Waals surface area contributed by atoms with Gasteiger partial charge < -0.3 is 5.11 Å². The molecule has 1 aromatic rings. The molecule has 2 rings (SSSR count). The molecule has 0 spiro atoms. The maximum atomic E-state index is 12.0. The van der Waals surface area contributed by atoms with Crippen molar-refractivity contribution in [2.45, 2.75) is 20.8 Å². The van der Waals surface area contributed by atoms with Gasteiger partial charge in [-0.05, 0) is 44.5 Å². The number of aryl methyl sites for hydroxylation is 1. The van der Waals surface area contributed by atoms with E-state index >= 15 is 0 Å². The molecule has 1 aliphatic rings. The lowest BCUT2D eigenvalue weighted by molar-refractivity contribution is -0.120. The highest BCUT2D eigenvalue weighted by Gasteiger charge is 2.34. The minimum atomic E-state index is -1.03. The average molecular weight is 259 g/mol. The van der Waals surface area contributed by atoms with Crippen LogP contribution in [0.1, 0.15) is 29.8 Å². The Hall–Kier alpha value is -2.43. The van der Waals surface area contributed by atoms with Crippen LogP contribution in [0.25, 0.3) is 0 Å². The molecule has 0 aliphatic carbocycles. The van der Waals surface area contributed by atoms with Gasteiger partial charge in [-0.15, -0.1) is 0 Å². The number of carboxylic acid groups (broad SMARTS) is 1. The van der Waals surface area contributed by atoms with Gasteiger partial charge >= 0.3 is 5.97 Å². The second kappa shape index (κ2) is 4.35. The van der Waals surface area contributed by atoms with Crippen molar-refractivity contribution in [2.75, 3.05) is 4.90 Å². The summed E-state index contributed by atoms with van der Waals surface area (Å²) in [5.41, 5.74) is 1.90. The number of imide groups is 1. The smallest absolute Gasteiger partial charge is 0.335 e. The Balaban J connectivity index is 2.46. The fourth-order valence-corrected chi connectivity index (χ4v) is 2.01. The number of rotatable bonds is 2. The molecule has 5 nitrogen and oxygen atoms in total. The summed E-state index contributed by atoms with van der Waals surface area (Å²) in [5.74, 6) is -1.75. The van der Waals surface area contributed by atoms with Gasteiger partial charge in [-0.3, -0.25) is 9.59 Å². The summed E-state index contributed by atoms with van der Waals surface area (Å²) in [5, 5.41) is 8.95. The van der Waals surface area contributed by atoms with Gasteiger partial charge in [-0.25, -0.2) is 9.69 Å². The minimum absolute atomic E-state index is 0.157. The molecule has 5 heteroatoms. The molecule has 98 valence electrons. The zero-order chi connectivity index (χ0) is 14.3. The molecular formula is C14H13NO4. The van der Waals surface area contributed by atoms with Crippen LogP contribution in [-0.2, 0) is 9.59 Å². The topological polar surface area (TPSA) is 74.7 Å². The highest BCUT2D eigenvalue weighted by molar-refractivity contribution is 6.32. The number of carboxylic acids is 1. The van der Waals surface area contributed by atoms with E-state index in [4.69, 9.17) is 5.11 Å². The van der Waals surface area contributed by atoms with E-state index in [1.165, 1.54) is 18.2 Å². The Morgan fingerprint density at radius 2 is 1.58 bits per heavy atom. The highest BCUT2D eigenvalue weighted by Crippen LogP contribution is 2.28. The van der Waals surface area contributed by atoms with Gasteiger partial charge in [0.25, 0.3) is 11.8 Å². The molecule has 1 aromatic carbocycles. The van der Waals surface area contributed by atoms with Gasteiger partial charge in [0.1, 0.15) is 0 Å². The summed E-state index contributed by atoms with van der Waals surface area (Å²) in [6.45, 7) is 4.84. The number of hydrogen-bond acceptors (Lipinski definition) is 3. The minimum Gasteiger partial charge on any atom is -0.478 e. The Morgan fingerprint density at radius 1 is 1.05 bits per heavy atom. The van der Waals surface area contributed by atoms with Gasteiger partial charge in [0.05, 0.1) is 11.3 Å². The number of anilines is 1. The lowest BCUT2D eigenvalue weighted by Crippen LogP contribution is -2.31. The Labute approximate surface area is 110 Å². The highest BCUT2D eigenvalue weighted by atomic mass is 16.4. The number of hydrogen-bond donors (Lipinski definition) is 1. The van der Waals surface area contributed by atoms with Gasteiger partial charge in [0.15, 0.2) is 0 Å². The van der Waals surface area contributed by atoms with Crippen LogP contribution in [0.2, 0.25) is 0 Å². The first-order valence-electron chi connectivity index (χ1n) is 5.74. The summed E-state index contributed by atoms with van der Waals surface area (Å²) in [6, 6.07) is 4.40. The van der Waals surface area contributed by atoms with E-state index < -0.39 is 5.97 Å². The van der Waals surface area contributed by atoms with Gasteiger partial charge in [0.2, 0.25) is 0 Å². The molecule has 0 fully saturated rings. The molecule has 0 aromatic heterocycles. The van der Waals surface area contributed by atoms with Crippen LogP contribution in [0.15, 0.2) is 29.3 Å². The number of amides is 2. The molecule has 0 unspecified atom stereocenters. The van der Waals surface area contributed by atoms with Gasteiger partial charge in [-0.1, -0.05) is 0 Å². The molecular weight excluding hydrogens is 246 g/mol. The van der Waals surface area contributed by atoms with Crippen molar-refractivity contribution >= 4 is 23.5 Å². The molecule has 1 aliphatic heterocycles. The average Bonchev–Trinajstić information content (AvgIpc) is 2.53. The Morgan fingerprint density at radius 3 is 2.00 bits per heavy atom. The molecule has 0 saturated carbocycles. The third-order valence-corrected chi connectivity index (χ3v) is 3.31. The molecule has 0 radical (unpaired) electrons. The monoisotopic (exact) mass is 259 g/mol. The molecule has 2 amide bonds. The zero-order valence-corrected chi connectivity index (χ0v) is 10.9. The zero-order valence-electron chi connectivity index (χ0n) is 10.9. The molecule has 19 heavy (non-hydrogen) atoms. The van der Waals surface area contributed by atoms with Crippen LogP contribution in [0, 0.1) is 6.92 Å². The Bertz CT molecular complexity index is 619. The van der Waals surface area contributed by atoms with Crippen molar-refractivity contribution in [1.82, 2.24) is 0 Å². The van der Waals surface area contributed by atoms with Crippen LogP contribution >= 0.6 is 0 Å². The van der Waals surface area contributed by atoms with Crippen LogP contribution in [0.3, 0.4) is 0 Å². The van der Waals surface area contributed by atoms with Crippen molar-refractivity contribution in [3.63, 3.8) is 0 Å². The van der Waals surface area contributed by atoms with E-state index in [2.05, 4.69) is 0 Å². The standard InChI is InChI=1S/C14H13NO4/c1-7-6-10(4-5-11(7)14(18)19)15-12(16)8(2)9(3)13(15)17/h4-6H,1-3H3,(H,18,19). The number of nitrogens with zero attached hydrogens (tertiary/aromatic N) is 1. The first-order valence-corrected chi connectivity index (χ1v) is 5.74. The second-order valence-corrected chi connectivity index (χ2v) is 4.50. The van der Waals surface area contributed by atoms with E-state index in [9.17, 15) is 14.4 Å². The van der Waals surface area contributed by atoms with E-state index in [-0.39, 0.29) is 17.4 Å². The van der Waals surface area contributed by atoms with Crippen LogP contribution < -0.4 is 4.90 Å². The quantitative estimate of drug-likeness (QED) is 0.823. The maximum absolute atomic E-state index is 12.0. The molecule has 0 bridgehead atoms. The fraction of sp³-hybridized carbons (Fsp3) is 0.214. The van der Waals surface area contributed by atoms with Crippen molar-refractivity contribution in [2.24, 2.45) is 0 Å². The second-order valence-electron chi connectivity index (χ2n) is 4.50. The van der Waals surface area contributed by atoms with Gasteiger partial charge in [-0.2, -0.15) is 0 Å². The van der Waals surface area contributed by atoms with E-state index in [0.717, 1.165) is 4.90 Å². The first-order chi connectivity index (χ1) is 8.84. The lowest BCUT2D eigenvalue weighted by atomic mass is 10.1. The molecule has 0 saturated heterocycles. The third kappa shape index (κ3) is 1.93. The number of aromatic carboxylic acids is 1. The van der Waals surface area contributed by atoms with Crippen molar-refractivity contribution in [1.29, 1.82) is 0 Å². The van der Waals surface area contributed by atoms with Crippen molar-refractivity contribution < 1.29 is 19.5 Å². The van der Waals surface area contributed by atoms with Crippen molar-refractivity contribution in [3.05, 3.63) is 40.5 Å². The summed E-state index contributed by atoms with van der Waals surface area (Å²) in [6.07, 6.45) is 0. The van der Waals surface area contributed by atoms with Gasteiger partial charge in [0, 0.05) is 11.1 Å². The predicted molar refractivity (Wildman–Crippen MR) is 69.0 cm³/mol. The largest absolute Gasteiger partial charge is 0.478 e. The van der Waals surface area contributed by atoms with E-state index in [1.807, 2.05) is 0 Å². The van der Waals surface area contributed by atoms with Crippen LogP contribution in [0.4, 0.5) is 5.69 Å².